The Morgan fingerprint density at radius 3 is 1.76 bits per heavy atom. The van der Waals surface area contributed by atoms with Crippen molar-refractivity contribution in [1.29, 1.82) is 0 Å². The van der Waals surface area contributed by atoms with E-state index in [4.69, 9.17) is 0 Å². The summed E-state index contributed by atoms with van der Waals surface area (Å²) in [7, 11) is 0. The largest absolute Gasteiger partial charge is 1.00 e. The van der Waals surface area contributed by atoms with E-state index >= 15 is 0 Å². The summed E-state index contributed by atoms with van der Waals surface area (Å²) >= 11 is -0.469. The molecular formula is C22H16I2Nb. The second kappa shape index (κ2) is 8.09. The summed E-state index contributed by atoms with van der Waals surface area (Å²) < 4.78 is 1.33. The number of halogens is 2. The second-order valence-corrected chi connectivity index (χ2v) is 9.53. The van der Waals surface area contributed by atoms with Gasteiger partial charge in [0.2, 0.25) is 0 Å². The first-order chi connectivity index (χ1) is 11.4. The maximum atomic E-state index is 2.45. The third-order valence-corrected chi connectivity index (χ3v) is 8.88. The molecule has 3 aromatic carbocycles. The summed E-state index contributed by atoms with van der Waals surface area (Å²) in [6.07, 6.45) is 4.77. The van der Waals surface area contributed by atoms with Gasteiger partial charge >= 0.3 is 146 Å². The fourth-order valence-electron chi connectivity index (χ4n) is 3.81. The van der Waals surface area contributed by atoms with Crippen LogP contribution in [0.3, 0.4) is 0 Å². The number of benzene rings is 3. The van der Waals surface area contributed by atoms with Crippen LogP contribution in [0.5, 0.6) is 0 Å². The molecule has 0 amide bonds. The zero-order valence-corrected chi connectivity index (χ0v) is 20.0. The van der Waals surface area contributed by atoms with Crippen LogP contribution in [-0.4, -0.2) is 0 Å². The molecule has 2 aliphatic carbocycles. The van der Waals surface area contributed by atoms with Crippen LogP contribution in [0.15, 0.2) is 78.9 Å². The number of rotatable bonds is 2. The van der Waals surface area contributed by atoms with Gasteiger partial charge in [0.15, 0.2) is 0 Å². The van der Waals surface area contributed by atoms with E-state index in [1.807, 2.05) is 0 Å². The van der Waals surface area contributed by atoms with Crippen LogP contribution in [0.25, 0.3) is 17.2 Å². The topological polar surface area (TPSA) is 0 Å². The van der Waals surface area contributed by atoms with Gasteiger partial charge in [-0.3, -0.25) is 0 Å². The minimum Gasteiger partial charge on any atom is -1.00 e. The van der Waals surface area contributed by atoms with Gasteiger partial charge in [0.05, 0.1) is 0 Å². The third kappa shape index (κ3) is 3.32. The molecule has 0 bridgehead atoms. The fraction of sp³-hybridized carbons (Fsp3) is 0.0909. The Morgan fingerprint density at radius 2 is 1.12 bits per heavy atom. The molecule has 0 fully saturated rings. The van der Waals surface area contributed by atoms with Crippen LogP contribution in [-0.2, 0) is 19.8 Å². The monoisotopic (exact) mass is 627 g/mol. The van der Waals surface area contributed by atoms with Gasteiger partial charge < -0.3 is 48.0 Å². The molecule has 2 aliphatic rings. The number of fused-ring (bicyclic) bond motifs is 4. The summed E-state index contributed by atoms with van der Waals surface area (Å²) in [5.41, 5.74) is 9.00. The van der Waals surface area contributed by atoms with Crippen molar-refractivity contribution in [2.75, 3.05) is 0 Å². The van der Waals surface area contributed by atoms with Crippen molar-refractivity contribution in [1.82, 2.24) is 0 Å². The molecule has 1 unspecified atom stereocenters. The van der Waals surface area contributed by atoms with Gasteiger partial charge in [-0.05, 0) is 0 Å². The van der Waals surface area contributed by atoms with Gasteiger partial charge in [0, 0.05) is 0 Å². The van der Waals surface area contributed by atoms with E-state index in [1.54, 1.807) is 16.7 Å². The van der Waals surface area contributed by atoms with Gasteiger partial charge in [-0.15, -0.1) is 0 Å². The van der Waals surface area contributed by atoms with Crippen LogP contribution in [0.4, 0.5) is 0 Å². The van der Waals surface area contributed by atoms with Crippen molar-refractivity contribution < 1.29 is 67.7 Å². The molecule has 0 heterocycles. The van der Waals surface area contributed by atoms with Crippen LogP contribution in [0, 0.1) is 0 Å². The second-order valence-electron chi connectivity index (χ2n) is 6.16. The molecule has 0 spiro atoms. The smallest absolute Gasteiger partial charge is 1.00 e. The molecule has 0 saturated heterocycles. The molecule has 0 aliphatic heterocycles. The van der Waals surface area contributed by atoms with E-state index in [-0.39, 0.29) is 48.0 Å². The maximum Gasteiger partial charge on any atom is -1.00 e. The van der Waals surface area contributed by atoms with E-state index in [0.29, 0.717) is 8.27 Å². The van der Waals surface area contributed by atoms with Crippen LogP contribution >= 0.6 is 0 Å². The maximum absolute atomic E-state index is 2.45. The SMILES string of the molecule is C1=C[CH]([Nb+2][CH]2c3ccccc3-c3ccccc32)c2ccccc21.[I-].[I-]. The first kappa shape index (κ1) is 19.4. The Kier molecular flexibility index (Phi) is 6.27. The molecule has 0 radical (unpaired) electrons. The molecule has 0 saturated carbocycles. The molecule has 0 N–H and O–H groups in total. The van der Waals surface area contributed by atoms with Gasteiger partial charge in [-0.1, -0.05) is 0 Å². The summed E-state index contributed by atoms with van der Waals surface area (Å²) in [6, 6.07) is 26.9. The molecular weight excluding hydrogens is 611 g/mol. The molecule has 25 heavy (non-hydrogen) atoms. The first-order valence-electron chi connectivity index (χ1n) is 8.07. The minimum absolute atomic E-state index is 0. The predicted molar refractivity (Wildman–Crippen MR) is 91.9 cm³/mol. The molecule has 123 valence electrons. The van der Waals surface area contributed by atoms with E-state index < -0.39 is 19.8 Å². The molecule has 1 atom stereocenters. The summed E-state index contributed by atoms with van der Waals surface area (Å²) in [6.45, 7) is 0. The zero-order valence-electron chi connectivity index (χ0n) is 13.4. The number of hydrogen-bond donors (Lipinski definition) is 0. The Bertz CT molecular complexity index is 887. The average molecular weight is 627 g/mol. The van der Waals surface area contributed by atoms with Crippen molar-refractivity contribution in [2.45, 2.75) is 8.27 Å². The molecule has 0 nitrogen and oxygen atoms in total. The van der Waals surface area contributed by atoms with E-state index in [1.165, 1.54) is 16.7 Å². The Hall–Kier alpha value is -0.400. The van der Waals surface area contributed by atoms with Gasteiger partial charge in [-0.25, -0.2) is 0 Å². The molecule has 3 aromatic rings. The van der Waals surface area contributed by atoms with Crippen LogP contribution < -0.4 is 48.0 Å². The van der Waals surface area contributed by atoms with E-state index in [2.05, 4.69) is 84.9 Å². The molecule has 3 heteroatoms. The zero-order chi connectivity index (χ0) is 15.2. The van der Waals surface area contributed by atoms with Crippen molar-refractivity contribution in [2.24, 2.45) is 0 Å². The van der Waals surface area contributed by atoms with Crippen LogP contribution in [0.2, 0.25) is 0 Å². The normalized spacial score (nSPS) is 16.1. The number of hydrogen-bond acceptors (Lipinski definition) is 0. The van der Waals surface area contributed by atoms with E-state index in [0.717, 1.165) is 0 Å². The van der Waals surface area contributed by atoms with Gasteiger partial charge in [-0.2, -0.15) is 0 Å². The number of allylic oxidation sites excluding steroid dienone is 1. The van der Waals surface area contributed by atoms with Gasteiger partial charge in [0.25, 0.3) is 0 Å². The van der Waals surface area contributed by atoms with Crippen molar-refractivity contribution in [3.8, 4) is 11.1 Å². The van der Waals surface area contributed by atoms with Crippen molar-refractivity contribution in [3.63, 3.8) is 0 Å². The van der Waals surface area contributed by atoms with Crippen molar-refractivity contribution >= 4 is 6.08 Å². The Balaban J connectivity index is 0.000000911. The predicted octanol–water partition coefficient (Wildman–Crippen LogP) is -0.385. The average Bonchev–Trinajstić information content (AvgIpc) is 3.16. The Labute approximate surface area is 192 Å². The van der Waals surface area contributed by atoms with Gasteiger partial charge in [0.1, 0.15) is 0 Å². The quantitative estimate of drug-likeness (QED) is 0.269. The van der Waals surface area contributed by atoms with Crippen molar-refractivity contribution in [3.05, 3.63) is 101 Å². The standard InChI is InChI=1S/C13H9.C9H7.2HI.Nb/c1-3-7-12-10(5-1)9-11-6-2-4-8-13(11)12;1-2-5-9-7-3-6-8(9)4-1;;;/h1-9H;1-7H;2*1H;/q;;;;+2/p-2. The molecule has 5 rings (SSSR count). The summed E-state index contributed by atoms with van der Waals surface area (Å²) in [4.78, 5) is 0. The Morgan fingerprint density at radius 1 is 0.600 bits per heavy atom. The molecule has 0 aromatic heterocycles. The third-order valence-electron chi connectivity index (χ3n) is 4.88. The summed E-state index contributed by atoms with van der Waals surface area (Å²) in [5.74, 6) is 0. The summed E-state index contributed by atoms with van der Waals surface area (Å²) in [5, 5.41) is 0. The van der Waals surface area contributed by atoms with E-state index in [9.17, 15) is 0 Å². The fourth-order valence-corrected chi connectivity index (χ4v) is 7.93. The first-order valence-corrected chi connectivity index (χ1v) is 10.6. The minimum atomic E-state index is -0.469. The van der Waals surface area contributed by atoms with Crippen LogP contribution in [0.1, 0.15) is 30.5 Å².